The first kappa shape index (κ1) is 13.2. The molecule has 5 nitrogen and oxygen atoms in total. The van der Waals surface area contributed by atoms with Gasteiger partial charge in [-0.15, -0.1) is 0 Å². The van der Waals surface area contributed by atoms with Crippen LogP contribution in [-0.4, -0.2) is 35.1 Å². The SMILES string of the molecule is CNc1nc(Sc2ccccc2)nc(N2CCCC2)n1. The van der Waals surface area contributed by atoms with Gasteiger partial charge in [0.1, 0.15) is 0 Å². The van der Waals surface area contributed by atoms with Crippen molar-refractivity contribution in [3.05, 3.63) is 30.3 Å². The number of hydrogen-bond acceptors (Lipinski definition) is 6. The number of hydrogen-bond donors (Lipinski definition) is 1. The van der Waals surface area contributed by atoms with E-state index in [9.17, 15) is 0 Å². The zero-order valence-electron chi connectivity index (χ0n) is 11.4. The van der Waals surface area contributed by atoms with Crippen LogP contribution in [0.5, 0.6) is 0 Å². The molecule has 1 aliphatic heterocycles. The molecule has 0 aliphatic carbocycles. The van der Waals surface area contributed by atoms with Gasteiger partial charge in [0.2, 0.25) is 11.9 Å². The Morgan fingerprint density at radius 2 is 1.80 bits per heavy atom. The number of nitrogens with zero attached hydrogens (tertiary/aromatic N) is 4. The molecule has 2 heterocycles. The highest BCUT2D eigenvalue weighted by Crippen LogP contribution is 2.27. The van der Waals surface area contributed by atoms with Gasteiger partial charge >= 0.3 is 0 Å². The first-order valence-corrected chi connectivity index (χ1v) is 7.58. The van der Waals surface area contributed by atoms with E-state index in [1.807, 2.05) is 25.2 Å². The summed E-state index contributed by atoms with van der Waals surface area (Å²) in [4.78, 5) is 16.8. The van der Waals surface area contributed by atoms with Gasteiger partial charge in [-0.25, -0.2) is 0 Å². The summed E-state index contributed by atoms with van der Waals surface area (Å²) in [6.45, 7) is 2.06. The lowest BCUT2D eigenvalue weighted by Crippen LogP contribution is -2.21. The van der Waals surface area contributed by atoms with Crippen molar-refractivity contribution in [2.75, 3.05) is 30.4 Å². The summed E-state index contributed by atoms with van der Waals surface area (Å²) in [7, 11) is 1.83. The average molecular weight is 287 g/mol. The molecule has 20 heavy (non-hydrogen) atoms. The van der Waals surface area contributed by atoms with E-state index in [1.54, 1.807) is 11.8 Å². The molecular formula is C14H17N5S. The monoisotopic (exact) mass is 287 g/mol. The number of rotatable bonds is 4. The van der Waals surface area contributed by atoms with E-state index >= 15 is 0 Å². The molecule has 1 aliphatic rings. The molecule has 1 saturated heterocycles. The minimum Gasteiger partial charge on any atom is -0.357 e. The molecular weight excluding hydrogens is 270 g/mol. The Morgan fingerprint density at radius 3 is 2.50 bits per heavy atom. The molecule has 2 aromatic rings. The standard InChI is InChI=1S/C14H17N5S/c1-15-12-16-13(19-9-5-6-10-19)18-14(17-12)20-11-7-3-2-4-8-11/h2-4,7-8H,5-6,9-10H2,1H3,(H,15,16,17,18). The third kappa shape index (κ3) is 3.01. The predicted octanol–water partition coefficient (Wildman–Crippen LogP) is 2.66. The maximum atomic E-state index is 4.59. The summed E-state index contributed by atoms with van der Waals surface area (Å²) >= 11 is 1.56. The molecule has 0 radical (unpaired) electrons. The summed E-state index contributed by atoms with van der Waals surface area (Å²) in [5, 5.41) is 3.75. The van der Waals surface area contributed by atoms with Gasteiger partial charge in [0.25, 0.3) is 0 Å². The van der Waals surface area contributed by atoms with Gasteiger partial charge in [-0.1, -0.05) is 18.2 Å². The molecule has 1 fully saturated rings. The van der Waals surface area contributed by atoms with Crippen molar-refractivity contribution in [1.29, 1.82) is 0 Å². The summed E-state index contributed by atoms with van der Waals surface area (Å²) < 4.78 is 0. The third-order valence-corrected chi connectivity index (χ3v) is 4.04. The van der Waals surface area contributed by atoms with E-state index < -0.39 is 0 Å². The highest BCUT2D eigenvalue weighted by molar-refractivity contribution is 7.99. The maximum Gasteiger partial charge on any atom is 0.231 e. The van der Waals surface area contributed by atoms with Crippen LogP contribution in [0.2, 0.25) is 0 Å². The molecule has 1 N–H and O–H groups in total. The Balaban J connectivity index is 1.87. The van der Waals surface area contributed by atoms with Gasteiger partial charge in [-0.3, -0.25) is 0 Å². The van der Waals surface area contributed by atoms with Crippen LogP contribution in [0.4, 0.5) is 11.9 Å². The van der Waals surface area contributed by atoms with Crippen molar-refractivity contribution in [1.82, 2.24) is 15.0 Å². The number of aromatic nitrogens is 3. The minimum atomic E-state index is 0.625. The van der Waals surface area contributed by atoms with Gasteiger partial charge < -0.3 is 10.2 Å². The third-order valence-electron chi connectivity index (χ3n) is 3.17. The Morgan fingerprint density at radius 1 is 1.05 bits per heavy atom. The fourth-order valence-electron chi connectivity index (χ4n) is 2.16. The first-order chi connectivity index (χ1) is 9.85. The maximum absolute atomic E-state index is 4.59. The molecule has 3 rings (SSSR count). The Bertz CT molecular complexity index is 569. The Hall–Kier alpha value is -1.82. The predicted molar refractivity (Wildman–Crippen MR) is 81.4 cm³/mol. The van der Waals surface area contributed by atoms with Crippen molar-refractivity contribution in [3.63, 3.8) is 0 Å². The van der Waals surface area contributed by atoms with Gasteiger partial charge in [0.05, 0.1) is 0 Å². The molecule has 0 atom stereocenters. The molecule has 0 unspecified atom stereocenters. The molecule has 0 amide bonds. The summed E-state index contributed by atoms with van der Waals surface area (Å²) in [6, 6.07) is 10.2. The fraction of sp³-hybridized carbons (Fsp3) is 0.357. The second kappa shape index (κ2) is 6.09. The van der Waals surface area contributed by atoms with E-state index in [-0.39, 0.29) is 0 Å². The van der Waals surface area contributed by atoms with Crippen LogP contribution >= 0.6 is 11.8 Å². The number of nitrogens with one attached hydrogen (secondary N) is 1. The van der Waals surface area contributed by atoms with Gasteiger partial charge in [-0.2, -0.15) is 15.0 Å². The summed E-state index contributed by atoms with van der Waals surface area (Å²) in [5.41, 5.74) is 0. The van der Waals surface area contributed by atoms with Gasteiger partial charge in [0, 0.05) is 25.0 Å². The number of anilines is 2. The quantitative estimate of drug-likeness (QED) is 0.933. The average Bonchev–Trinajstić information content (AvgIpc) is 3.02. The summed E-state index contributed by atoms with van der Waals surface area (Å²) in [5.74, 6) is 1.40. The smallest absolute Gasteiger partial charge is 0.231 e. The molecule has 0 saturated carbocycles. The van der Waals surface area contributed by atoms with Crippen molar-refractivity contribution >= 4 is 23.7 Å². The van der Waals surface area contributed by atoms with Crippen LogP contribution in [0.15, 0.2) is 40.4 Å². The van der Waals surface area contributed by atoms with Crippen LogP contribution in [0.1, 0.15) is 12.8 Å². The zero-order valence-corrected chi connectivity index (χ0v) is 12.2. The zero-order chi connectivity index (χ0) is 13.8. The Kier molecular flexibility index (Phi) is 4.01. The normalized spacial score (nSPS) is 14.6. The van der Waals surface area contributed by atoms with Gasteiger partial charge in [0.15, 0.2) is 5.16 Å². The molecule has 6 heteroatoms. The first-order valence-electron chi connectivity index (χ1n) is 6.77. The van der Waals surface area contributed by atoms with E-state index in [1.165, 1.54) is 12.8 Å². The van der Waals surface area contributed by atoms with Crippen molar-refractivity contribution in [2.24, 2.45) is 0 Å². The minimum absolute atomic E-state index is 0.625. The fourth-order valence-corrected chi connectivity index (χ4v) is 2.92. The lowest BCUT2D eigenvalue weighted by molar-refractivity contribution is 0.830. The molecule has 0 spiro atoms. The van der Waals surface area contributed by atoms with Gasteiger partial charge in [-0.05, 0) is 36.7 Å². The lowest BCUT2D eigenvalue weighted by Gasteiger charge is -2.16. The van der Waals surface area contributed by atoms with E-state index in [2.05, 4.69) is 37.3 Å². The van der Waals surface area contributed by atoms with Crippen LogP contribution in [0, 0.1) is 0 Å². The number of benzene rings is 1. The largest absolute Gasteiger partial charge is 0.357 e. The molecule has 1 aromatic carbocycles. The van der Waals surface area contributed by atoms with Crippen molar-refractivity contribution in [3.8, 4) is 0 Å². The molecule has 104 valence electrons. The van der Waals surface area contributed by atoms with E-state index in [0.717, 1.165) is 29.1 Å². The van der Waals surface area contributed by atoms with Crippen LogP contribution < -0.4 is 10.2 Å². The lowest BCUT2D eigenvalue weighted by atomic mass is 10.4. The highest BCUT2D eigenvalue weighted by atomic mass is 32.2. The summed E-state index contributed by atoms with van der Waals surface area (Å²) in [6.07, 6.45) is 2.42. The second-order valence-corrected chi connectivity index (χ2v) is 5.64. The second-order valence-electron chi connectivity index (χ2n) is 4.60. The Labute approximate surface area is 122 Å². The topological polar surface area (TPSA) is 53.9 Å². The van der Waals surface area contributed by atoms with Crippen molar-refractivity contribution in [2.45, 2.75) is 22.9 Å². The van der Waals surface area contributed by atoms with Crippen LogP contribution in [0.3, 0.4) is 0 Å². The van der Waals surface area contributed by atoms with E-state index in [0.29, 0.717) is 5.95 Å². The molecule has 0 bridgehead atoms. The van der Waals surface area contributed by atoms with E-state index in [4.69, 9.17) is 0 Å². The molecule has 1 aromatic heterocycles. The van der Waals surface area contributed by atoms with Crippen LogP contribution in [0.25, 0.3) is 0 Å². The highest BCUT2D eigenvalue weighted by Gasteiger charge is 2.17. The van der Waals surface area contributed by atoms with Crippen LogP contribution in [-0.2, 0) is 0 Å². The van der Waals surface area contributed by atoms with Crippen molar-refractivity contribution < 1.29 is 0 Å².